The lowest BCUT2D eigenvalue weighted by Gasteiger charge is -2.04. The first kappa shape index (κ1) is 31.4. The highest BCUT2D eigenvalue weighted by molar-refractivity contribution is 7.22. The van der Waals surface area contributed by atoms with Crippen LogP contribution in [-0.2, 0) is 6.18 Å². The zero-order chi connectivity index (χ0) is 33.1. The highest BCUT2D eigenvalue weighted by Gasteiger charge is 2.31. The summed E-state index contributed by atoms with van der Waals surface area (Å²) in [5.74, 6) is -0.572. The molecule has 0 amide bonds. The molecule has 47 heavy (non-hydrogen) atoms. The number of thiazole rings is 2. The molecule has 0 radical (unpaired) electrons. The molecule has 2 heterocycles. The number of aromatic carboxylic acids is 2. The number of ether oxygens (including phenoxy) is 1. The van der Waals surface area contributed by atoms with Gasteiger partial charge in [0.25, 0.3) is 0 Å². The normalized spacial score (nSPS) is 11.2. The predicted octanol–water partition coefficient (Wildman–Crippen LogP) is 10.1. The second-order valence-corrected chi connectivity index (χ2v) is 12.0. The predicted molar refractivity (Wildman–Crippen MR) is 176 cm³/mol. The molecule has 0 aliphatic rings. The summed E-state index contributed by atoms with van der Waals surface area (Å²) >= 11 is 2.61. The molecule has 0 aliphatic heterocycles. The molecule has 0 spiro atoms. The summed E-state index contributed by atoms with van der Waals surface area (Å²) in [6.45, 7) is 0. The fourth-order valence-corrected chi connectivity index (χ4v) is 6.66. The van der Waals surface area contributed by atoms with Crippen molar-refractivity contribution in [3.05, 3.63) is 132 Å². The van der Waals surface area contributed by atoms with Crippen LogP contribution >= 0.6 is 22.7 Å². The van der Waals surface area contributed by atoms with Gasteiger partial charge in [-0.2, -0.15) is 13.2 Å². The highest BCUT2D eigenvalue weighted by atomic mass is 32.1. The Kier molecular flexibility index (Phi) is 8.70. The monoisotopic (exact) mass is 670 g/mol. The first-order valence-corrected chi connectivity index (χ1v) is 15.5. The van der Waals surface area contributed by atoms with E-state index in [0.29, 0.717) is 25.8 Å². The van der Waals surface area contributed by atoms with Crippen LogP contribution in [0.3, 0.4) is 0 Å². The number of alkyl halides is 3. The van der Waals surface area contributed by atoms with Gasteiger partial charge in [0, 0.05) is 17.2 Å². The average molecular weight is 671 g/mol. The Hall–Kier alpha value is -5.59. The number of carbonyl (C=O) groups is 2. The lowest BCUT2D eigenvalue weighted by molar-refractivity contribution is -0.137. The molecular formula is C35H21F3N2O5S2. The number of nitrogens with zero attached hydrogens (tertiary/aromatic N) is 2. The Balaban J connectivity index is 0.000000166. The van der Waals surface area contributed by atoms with E-state index in [0.717, 1.165) is 45.2 Å². The van der Waals surface area contributed by atoms with Crippen LogP contribution < -0.4 is 4.74 Å². The third kappa shape index (κ3) is 6.98. The maximum atomic E-state index is 12.7. The zero-order valence-corrected chi connectivity index (χ0v) is 25.6. The molecule has 0 aliphatic carbocycles. The van der Waals surface area contributed by atoms with Crippen molar-refractivity contribution in [1.29, 1.82) is 0 Å². The second-order valence-electron chi connectivity index (χ2n) is 9.96. The summed E-state index contributed by atoms with van der Waals surface area (Å²) in [5, 5.41) is 19.6. The van der Waals surface area contributed by atoms with Gasteiger partial charge < -0.3 is 14.9 Å². The van der Waals surface area contributed by atoms with Crippen LogP contribution in [0.4, 0.5) is 13.2 Å². The Morgan fingerprint density at radius 1 is 0.596 bits per heavy atom. The van der Waals surface area contributed by atoms with Gasteiger partial charge in [0.15, 0.2) is 0 Å². The number of hydrogen-bond acceptors (Lipinski definition) is 7. The smallest absolute Gasteiger partial charge is 0.416 e. The van der Waals surface area contributed by atoms with E-state index in [2.05, 4.69) is 9.97 Å². The van der Waals surface area contributed by atoms with Crippen molar-refractivity contribution in [1.82, 2.24) is 9.97 Å². The number of carboxylic acid groups (broad SMARTS) is 2. The molecule has 0 atom stereocenters. The quantitative estimate of drug-likeness (QED) is 0.181. The zero-order valence-electron chi connectivity index (χ0n) is 23.9. The summed E-state index contributed by atoms with van der Waals surface area (Å²) in [7, 11) is 0. The maximum Gasteiger partial charge on any atom is 0.416 e. The maximum absolute atomic E-state index is 12.7. The van der Waals surface area contributed by atoms with Gasteiger partial charge in [-0.3, -0.25) is 0 Å². The molecule has 0 unspecified atom stereocenters. The van der Waals surface area contributed by atoms with E-state index in [1.165, 1.54) is 23.5 Å². The van der Waals surface area contributed by atoms with Crippen molar-refractivity contribution in [2.24, 2.45) is 0 Å². The van der Waals surface area contributed by atoms with Crippen molar-refractivity contribution in [3.8, 4) is 32.6 Å². The van der Waals surface area contributed by atoms with Crippen LogP contribution in [0, 0.1) is 0 Å². The molecule has 234 valence electrons. The highest BCUT2D eigenvalue weighted by Crippen LogP contribution is 2.37. The first-order valence-electron chi connectivity index (χ1n) is 13.8. The number of halogens is 3. The molecule has 7 aromatic rings. The molecule has 2 N–H and O–H groups in total. The number of hydrogen-bond donors (Lipinski definition) is 2. The van der Waals surface area contributed by atoms with Crippen LogP contribution in [0.2, 0.25) is 0 Å². The van der Waals surface area contributed by atoms with Crippen LogP contribution in [0.25, 0.3) is 41.6 Å². The van der Waals surface area contributed by atoms with E-state index in [9.17, 15) is 33.0 Å². The molecule has 0 fully saturated rings. The van der Waals surface area contributed by atoms with E-state index in [1.807, 2.05) is 54.6 Å². The first-order chi connectivity index (χ1) is 22.6. The van der Waals surface area contributed by atoms with Crippen LogP contribution in [-0.4, -0.2) is 32.1 Å². The third-order valence-corrected chi connectivity index (χ3v) is 8.95. The lowest BCUT2D eigenvalue weighted by atomic mass is 10.1. The molecule has 12 heteroatoms. The molecule has 0 saturated heterocycles. The Labute approximate surface area is 272 Å². The van der Waals surface area contributed by atoms with Crippen molar-refractivity contribution in [2.45, 2.75) is 6.18 Å². The van der Waals surface area contributed by atoms with Gasteiger partial charge in [-0.25, -0.2) is 19.6 Å². The number of carboxylic acids is 2. The van der Waals surface area contributed by atoms with E-state index >= 15 is 0 Å². The summed E-state index contributed by atoms with van der Waals surface area (Å²) in [6, 6.07) is 31.7. The van der Waals surface area contributed by atoms with E-state index < -0.39 is 23.7 Å². The molecule has 0 bridgehead atoms. The number of aromatic nitrogens is 2. The van der Waals surface area contributed by atoms with Gasteiger partial charge in [0.2, 0.25) is 0 Å². The van der Waals surface area contributed by atoms with Gasteiger partial charge in [-0.05, 0) is 54.6 Å². The fraction of sp³-hybridized carbons (Fsp3) is 0.0286. The number of benzene rings is 5. The van der Waals surface area contributed by atoms with E-state index in [-0.39, 0.29) is 16.6 Å². The van der Waals surface area contributed by atoms with Gasteiger partial charge in [0.05, 0.1) is 37.1 Å². The average Bonchev–Trinajstić information content (AvgIpc) is 3.69. The summed E-state index contributed by atoms with van der Waals surface area (Å²) in [5.41, 5.74) is 1.59. The molecule has 2 aromatic heterocycles. The molecule has 5 aromatic carbocycles. The SMILES string of the molecule is O=C(O)c1ccccc1-c1nc2cc(C(F)(F)F)ccc2s1.O=C(O)c1ccccc1-c1nc2ccc(Oc3ccccc3)cc2s1. The van der Waals surface area contributed by atoms with Crippen molar-refractivity contribution in [2.75, 3.05) is 0 Å². The minimum Gasteiger partial charge on any atom is -0.478 e. The minimum absolute atomic E-state index is 0.0672. The summed E-state index contributed by atoms with van der Waals surface area (Å²) in [6.07, 6.45) is -4.43. The van der Waals surface area contributed by atoms with Crippen LogP contribution in [0.15, 0.2) is 115 Å². The standard InChI is InChI=1S/C20H13NO3S.C15H8F3NO2S/c22-20(23)16-9-5-4-8-15(16)19-21-17-11-10-14(12-18(17)25-19)24-13-6-2-1-3-7-13;16-15(17,18)8-5-6-12-11(7-8)19-13(22-12)9-3-1-2-4-10(9)14(20)21/h1-12H,(H,22,23);1-7H,(H,20,21). The Morgan fingerprint density at radius 3 is 1.74 bits per heavy atom. The second kappa shape index (κ2) is 13.0. The van der Waals surface area contributed by atoms with E-state index in [1.54, 1.807) is 36.4 Å². The van der Waals surface area contributed by atoms with Crippen molar-refractivity contribution >= 4 is 55.0 Å². The van der Waals surface area contributed by atoms with Crippen molar-refractivity contribution in [3.63, 3.8) is 0 Å². The fourth-order valence-electron chi connectivity index (χ4n) is 4.64. The van der Waals surface area contributed by atoms with Gasteiger partial charge in [-0.1, -0.05) is 54.6 Å². The van der Waals surface area contributed by atoms with Crippen LogP contribution in [0.5, 0.6) is 11.5 Å². The van der Waals surface area contributed by atoms with E-state index in [4.69, 9.17) is 4.74 Å². The van der Waals surface area contributed by atoms with Crippen LogP contribution in [0.1, 0.15) is 26.3 Å². The molecule has 7 rings (SSSR count). The summed E-state index contributed by atoms with van der Waals surface area (Å²) < 4.78 is 45.5. The lowest BCUT2D eigenvalue weighted by Crippen LogP contribution is -2.03. The molecule has 7 nitrogen and oxygen atoms in total. The molecule has 0 saturated carbocycles. The third-order valence-electron chi connectivity index (χ3n) is 6.83. The number of rotatable bonds is 6. The number of para-hydroxylation sites is 1. The van der Waals surface area contributed by atoms with Gasteiger partial charge in [-0.15, -0.1) is 22.7 Å². The Morgan fingerprint density at radius 2 is 1.15 bits per heavy atom. The van der Waals surface area contributed by atoms with Crippen molar-refractivity contribution < 1.29 is 37.7 Å². The summed E-state index contributed by atoms with van der Waals surface area (Å²) in [4.78, 5) is 31.4. The molecular weight excluding hydrogens is 650 g/mol. The topological polar surface area (TPSA) is 110 Å². The minimum atomic E-state index is -4.43. The van der Waals surface area contributed by atoms with Gasteiger partial charge in [0.1, 0.15) is 21.5 Å². The largest absolute Gasteiger partial charge is 0.478 e. The number of fused-ring (bicyclic) bond motifs is 2. The Bertz CT molecular complexity index is 2250. The van der Waals surface area contributed by atoms with Gasteiger partial charge >= 0.3 is 18.1 Å².